The molecule has 2 aromatic heterocycles. The molecule has 0 spiro atoms. The molecule has 3 aromatic rings. The van der Waals surface area contributed by atoms with Gasteiger partial charge in [-0.1, -0.05) is 17.2 Å². The minimum absolute atomic E-state index is 0.434. The maximum atomic E-state index is 5.29. The van der Waals surface area contributed by atoms with E-state index in [9.17, 15) is 0 Å². The van der Waals surface area contributed by atoms with Crippen LogP contribution < -0.4 is 5.32 Å². The van der Waals surface area contributed by atoms with Crippen LogP contribution in [0.3, 0.4) is 0 Å². The Bertz CT molecular complexity index is 759. The van der Waals surface area contributed by atoms with Crippen molar-refractivity contribution in [2.45, 2.75) is 27.3 Å². The number of aromatic nitrogens is 4. The largest absolute Gasteiger partial charge is 0.408 e. The summed E-state index contributed by atoms with van der Waals surface area (Å²) in [6, 6.07) is 10.7. The van der Waals surface area contributed by atoms with Gasteiger partial charge in [-0.05, 0) is 37.6 Å². The van der Waals surface area contributed by atoms with Crippen molar-refractivity contribution in [3.05, 3.63) is 53.2 Å². The summed E-state index contributed by atoms with van der Waals surface area (Å²) in [5.41, 5.74) is 4.29. The molecule has 1 N–H and O–H groups in total. The molecule has 21 heavy (non-hydrogen) atoms. The van der Waals surface area contributed by atoms with E-state index < -0.39 is 0 Å². The number of nitrogens with one attached hydrogen (secondary N) is 1. The van der Waals surface area contributed by atoms with E-state index in [1.807, 2.05) is 36.7 Å². The lowest BCUT2D eigenvalue weighted by Gasteiger charge is -2.07. The molecular weight excluding hydrogens is 266 g/mol. The van der Waals surface area contributed by atoms with Gasteiger partial charge in [-0.25, -0.2) is 4.68 Å². The highest BCUT2D eigenvalue weighted by Gasteiger charge is 2.05. The average Bonchev–Trinajstić information content (AvgIpc) is 3.02. The molecule has 3 rings (SSSR count). The van der Waals surface area contributed by atoms with E-state index in [-0.39, 0.29) is 0 Å². The van der Waals surface area contributed by atoms with Gasteiger partial charge in [0.05, 0.1) is 11.4 Å². The van der Waals surface area contributed by atoms with E-state index in [0.717, 1.165) is 22.6 Å². The molecule has 108 valence electrons. The van der Waals surface area contributed by atoms with Crippen molar-refractivity contribution in [1.29, 1.82) is 0 Å². The van der Waals surface area contributed by atoms with Crippen LogP contribution in [0.15, 0.2) is 34.7 Å². The van der Waals surface area contributed by atoms with Gasteiger partial charge in [-0.3, -0.25) is 0 Å². The van der Waals surface area contributed by atoms with Crippen LogP contribution in [0.25, 0.3) is 5.69 Å². The van der Waals surface area contributed by atoms with Gasteiger partial charge in [-0.15, -0.1) is 5.10 Å². The highest BCUT2D eigenvalue weighted by Crippen LogP contribution is 2.15. The van der Waals surface area contributed by atoms with E-state index in [1.54, 1.807) is 6.92 Å². The average molecular weight is 283 g/mol. The molecule has 6 nitrogen and oxygen atoms in total. The lowest BCUT2D eigenvalue weighted by molar-refractivity contribution is 0.530. The van der Waals surface area contributed by atoms with Crippen LogP contribution in [0.1, 0.15) is 22.8 Å². The van der Waals surface area contributed by atoms with Gasteiger partial charge in [0, 0.05) is 19.2 Å². The second-order valence-corrected chi connectivity index (χ2v) is 4.99. The summed E-state index contributed by atoms with van der Waals surface area (Å²) in [7, 11) is 0. The van der Waals surface area contributed by atoms with Crippen LogP contribution in [0.2, 0.25) is 0 Å². The van der Waals surface area contributed by atoms with Crippen molar-refractivity contribution in [3.63, 3.8) is 0 Å². The van der Waals surface area contributed by atoms with Crippen LogP contribution >= 0.6 is 0 Å². The van der Waals surface area contributed by atoms with Crippen molar-refractivity contribution < 1.29 is 4.42 Å². The summed E-state index contributed by atoms with van der Waals surface area (Å²) in [4.78, 5) is 0. The lowest BCUT2D eigenvalue weighted by Crippen LogP contribution is -2.03. The Hall–Kier alpha value is -2.63. The SMILES string of the molecule is Cc1cc(C)n(-c2cccc(CNc3nnc(C)o3)c2)n1. The molecule has 0 saturated heterocycles. The zero-order valence-corrected chi connectivity index (χ0v) is 12.3. The number of rotatable bonds is 4. The Morgan fingerprint density at radius 2 is 2.00 bits per heavy atom. The number of benzene rings is 1. The van der Waals surface area contributed by atoms with Gasteiger partial charge in [0.25, 0.3) is 0 Å². The Morgan fingerprint density at radius 1 is 1.14 bits per heavy atom. The van der Waals surface area contributed by atoms with Gasteiger partial charge in [0.2, 0.25) is 5.89 Å². The lowest BCUT2D eigenvalue weighted by atomic mass is 10.2. The molecule has 6 heteroatoms. The van der Waals surface area contributed by atoms with E-state index in [1.165, 1.54) is 0 Å². The number of aryl methyl sites for hydroxylation is 3. The molecule has 0 amide bonds. The zero-order chi connectivity index (χ0) is 14.8. The Kier molecular flexibility index (Phi) is 3.43. The summed E-state index contributed by atoms with van der Waals surface area (Å²) in [6.07, 6.45) is 0. The molecule has 0 aliphatic rings. The maximum absolute atomic E-state index is 5.29. The van der Waals surface area contributed by atoms with Gasteiger partial charge in [0.15, 0.2) is 0 Å². The van der Waals surface area contributed by atoms with E-state index in [0.29, 0.717) is 18.5 Å². The van der Waals surface area contributed by atoms with Crippen LogP contribution in [-0.2, 0) is 6.54 Å². The summed E-state index contributed by atoms with van der Waals surface area (Å²) < 4.78 is 7.23. The monoisotopic (exact) mass is 283 g/mol. The first-order valence-electron chi connectivity index (χ1n) is 6.78. The Morgan fingerprint density at radius 3 is 2.67 bits per heavy atom. The third kappa shape index (κ3) is 2.94. The normalized spacial score (nSPS) is 10.8. The minimum atomic E-state index is 0.434. The molecular formula is C15H17N5O. The van der Waals surface area contributed by atoms with Crippen molar-refractivity contribution >= 4 is 6.01 Å². The summed E-state index contributed by atoms with van der Waals surface area (Å²) in [6.45, 7) is 6.43. The topological polar surface area (TPSA) is 68.8 Å². The fourth-order valence-electron chi connectivity index (χ4n) is 2.23. The molecule has 0 bridgehead atoms. The van der Waals surface area contributed by atoms with E-state index in [4.69, 9.17) is 4.42 Å². The number of hydrogen-bond acceptors (Lipinski definition) is 5. The zero-order valence-electron chi connectivity index (χ0n) is 12.3. The predicted molar refractivity (Wildman–Crippen MR) is 79.4 cm³/mol. The first-order valence-corrected chi connectivity index (χ1v) is 6.78. The number of anilines is 1. The van der Waals surface area contributed by atoms with Gasteiger partial charge >= 0.3 is 6.01 Å². The predicted octanol–water partition coefficient (Wildman–Crippen LogP) is 2.79. The van der Waals surface area contributed by atoms with Crippen molar-refractivity contribution in [2.24, 2.45) is 0 Å². The first-order chi connectivity index (χ1) is 10.1. The second-order valence-electron chi connectivity index (χ2n) is 4.99. The van der Waals surface area contributed by atoms with Crippen LogP contribution in [0.4, 0.5) is 6.01 Å². The van der Waals surface area contributed by atoms with Crippen molar-refractivity contribution in [1.82, 2.24) is 20.0 Å². The van der Waals surface area contributed by atoms with Crippen LogP contribution in [0.5, 0.6) is 0 Å². The van der Waals surface area contributed by atoms with Gasteiger partial charge < -0.3 is 9.73 Å². The fourth-order valence-corrected chi connectivity index (χ4v) is 2.23. The standard InChI is InChI=1S/C15H17N5O/c1-10-7-11(2)20(19-10)14-6-4-5-13(8-14)9-16-15-18-17-12(3)21-15/h4-8H,9H2,1-3H3,(H,16,18). The molecule has 1 aromatic carbocycles. The molecule has 0 saturated carbocycles. The summed E-state index contributed by atoms with van der Waals surface area (Å²) in [5.74, 6) is 0.550. The third-order valence-corrected chi connectivity index (χ3v) is 3.13. The fraction of sp³-hybridized carbons (Fsp3) is 0.267. The van der Waals surface area contributed by atoms with Crippen molar-refractivity contribution in [3.8, 4) is 5.69 Å². The molecule has 0 aliphatic heterocycles. The molecule has 0 aliphatic carbocycles. The van der Waals surface area contributed by atoms with Crippen LogP contribution in [-0.4, -0.2) is 20.0 Å². The first kappa shape index (κ1) is 13.4. The van der Waals surface area contributed by atoms with Gasteiger partial charge in [-0.2, -0.15) is 5.10 Å². The smallest absolute Gasteiger partial charge is 0.315 e. The maximum Gasteiger partial charge on any atom is 0.315 e. The van der Waals surface area contributed by atoms with Crippen molar-refractivity contribution in [2.75, 3.05) is 5.32 Å². The molecule has 0 unspecified atom stereocenters. The van der Waals surface area contributed by atoms with E-state index >= 15 is 0 Å². The number of hydrogen-bond donors (Lipinski definition) is 1. The number of nitrogens with zero attached hydrogens (tertiary/aromatic N) is 4. The summed E-state index contributed by atoms with van der Waals surface area (Å²) >= 11 is 0. The third-order valence-electron chi connectivity index (χ3n) is 3.13. The van der Waals surface area contributed by atoms with E-state index in [2.05, 4.69) is 32.7 Å². The minimum Gasteiger partial charge on any atom is -0.408 e. The highest BCUT2D eigenvalue weighted by atomic mass is 16.4. The highest BCUT2D eigenvalue weighted by molar-refractivity contribution is 5.38. The molecule has 0 fully saturated rings. The Balaban J connectivity index is 1.78. The van der Waals surface area contributed by atoms with Crippen LogP contribution in [0, 0.1) is 20.8 Å². The molecule has 0 atom stereocenters. The molecule has 2 heterocycles. The Labute approximate surface area is 122 Å². The molecule has 0 radical (unpaired) electrons. The quantitative estimate of drug-likeness (QED) is 0.797. The second kappa shape index (κ2) is 5.40. The van der Waals surface area contributed by atoms with Gasteiger partial charge in [0.1, 0.15) is 0 Å². The summed E-state index contributed by atoms with van der Waals surface area (Å²) in [5, 5.41) is 15.3.